The van der Waals surface area contributed by atoms with E-state index < -0.39 is 0 Å². The summed E-state index contributed by atoms with van der Waals surface area (Å²) >= 11 is 0. The van der Waals surface area contributed by atoms with E-state index in [0.717, 1.165) is 24.1 Å². The molecule has 0 unspecified atom stereocenters. The summed E-state index contributed by atoms with van der Waals surface area (Å²) in [5, 5.41) is 7.32. The Morgan fingerprint density at radius 3 is 2.89 bits per heavy atom. The number of nitrogens with zero attached hydrogens (tertiary/aromatic N) is 3. The van der Waals surface area contributed by atoms with Crippen molar-refractivity contribution in [2.24, 2.45) is 16.6 Å². The molecule has 0 bridgehead atoms. The van der Waals surface area contributed by atoms with E-state index in [2.05, 4.69) is 21.5 Å². The number of carbonyl (C=O) groups excluding carboxylic acids is 1. The van der Waals surface area contributed by atoms with Gasteiger partial charge in [0.05, 0.1) is 6.04 Å². The van der Waals surface area contributed by atoms with Gasteiger partial charge in [0.15, 0.2) is 0 Å². The van der Waals surface area contributed by atoms with E-state index in [1.807, 2.05) is 35.2 Å². The molecule has 6 nitrogen and oxygen atoms in total. The lowest BCUT2D eigenvalue weighted by Crippen LogP contribution is -2.36. The number of hydrogen-bond acceptors (Lipinski definition) is 4. The third-order valence-electron chi connectivity index (χ3n) is 5.44. The number of hydrogen-bond donors (Lipinski definition) is 2. The minimum absolute atomic E-state index is 0. The lowest BCUT2D eigenvalue weighted by atomic mass is 9.79. The van der Waals surface area contributed by atoms with Crippen molar-refractivity contribution in [2.75, 3.05) is 12.4 Å². The van der Waals surface area contributed by atoms with E-state index in [1.165, 1.54) is 18.4 Å². The van der Waals surface area contributed by atoms with E-state index in [9.17, 15) is 4.79 Å². The first-order chi connectivity index (χ1) is 13.2. The smallest absolute Gasteiger partial charge is 0.227 e. The zero-order chi connectivity index (χ0) is 18.8. The molecule has 0 aliphatic heterocycles. The Labute approximate surface area is 160 Å². The van der Waals surface area contributed by atoms with Crippen LogP contribution in [-0.2, 0) is 4.79 Å². The van der Waals surface area contributed by atoms with E-state index in [4.69, 9.17) is 5.73 Å². The van der Waals surface area contributed by atoms with Crippen LogP contribution in [0.3, 0.4) is 0 Å². The minimum Gasteiger partial charge on any atom is -0.398 e. The van der Waals surface area contributed by atoms with Crippen LogP contribution in [0.15, 0.2) is 47.7 Å². The Bertz CT molecular complexity index is 880. The summed E-state index contributed by atoms with van der Waals surface area (Å²) in [5.41, 5.74) is 10.00. The van der Waals surface area contributed by atoms with E-state index in [-0.39, 0.29) is 13.3 Å². The molecule has 4 rings (SSSR count). The maximum Gasteiger partial charge on any atom is 0.227 e. The number of allylic oxidation sites excluding steroid dienone is 1. The van der Waals surface area contributed by atoms with Gasteiger partial charge in [-0.3, -0.25) is 14.5 Å². The number of nitrogens with one attached hydrogen (secondary N) is 1. The molecule has 2 aliphatic carbocycles. The summed E-state index contributed by atoms with van der Waals surface area (Å²) in [6.45, 7) is 0. The van der Waals surface area contributed by atoms with Crippen molar-refractivity contribution < 1.29 is 6.22 Å². The SMILES string of the molecule is CN=C/C=C(\N)c1cc(NC(=O)C2CC(n3cccn3)C2)ccc1C1CC1.[HH]. The molecule has 2 saturated carbocycles. The van der Waals surface area contributed by atoms with Gasteiger partial charge in [-0.05, 0) is 61.4 Å². The number of benzene rings is 1. The van der Waals surface area contributed by atoms with Gasteiger partial charge in [-0.15, -0.1) is 0 Å². The van der Waals surface area contributed by atoms with E-state index >= 15 is 0 Å². The lowest BCUT2D eigenvalue weighted by Gasteiger charge is -2.34. The summed E-state index contributed by atoms with van der Waals surface area (Å²) in [5.74, 6) is 0.684. The van der Waals surface area contributed by atoms with Gasteiger partial charge in [0, 0.05) is 49.9 Å². The minimum atomic E-state index is 0. The Balaban J connectivity index is 0.00000225. The Morgan fingerprint density at radius 1 is 1.41 bits per heavy atom. The highest BCUT2D eigenvalue weighted by molar-refractivity contribution is 5.94. The molecule has 1 heterocycles. The molecule has 27 heavy (non-hydrogen) atoms. The molecule has 0 spiro atoms. The Morgan fingerprint density at radius 2 is 2.22 bits per heavy atom. The third kappa shape index (κ3) is 3.79. The van der Waals surface area contributed by atoms with Crippen molar-refractivity contribution in [1.29, 1.82) is 0 Å². The van der Waals surface area contributed by atoms with Crippen LogP contribution in [-0.4, -0.2) is 28.9 Å². The highest BCUT2D eigenvalue weighted by atomic mass is 16.1. The molecule has 6 heteroatoms. The summed E-state index contributed by atoms with van der Waals surface area (Å²) in [6, 6.07) is 8.32. The predicted octanol–water partition coefficient (Wildman–Crippen LogP) is 3.60. The summed E-state index contributed by atoms with van der Waals surface area (Å²) in [4.78, 5) is 16.6. The maximum absolute atomic E-state index is 12.6. The molecule has 2 fully saturated rings. The highest BCUT2D eigenvalue weighted by Gasteiger charge is 2.36. The standard InChI is InChI=1S/C21H25N5O.H2/c1-23-9-7-20(22)19-13-16(5-6-18(19)14-3-4-14)25-21(27)15-11-17(12-15)26-10-2-8-24-26;/h2,5-10,13-15,17H,3-4,11-12,22H2,1H3,(H,25,27);1H/b20-7-,23-9?;. The summed E-state index contributed by atoms with van der Waals surface area (Å²) in [6.07, 6.45) is 11.3. The first kappa shape index (κ1) is 17.5. The van der Waals surface area contributed by atoms with Crippen molar-refractivity contribution in [1.82, 2.24) is 9.78 Å². The van der Waals surface area contributed by atoms with E-state index in [1.54, 1.807) is 19.5 Å². The predicted molar refractivity (Wildman–Crippen MR) is 110 cm³/mol. The van der Waals surface area contributed by atoms with Crippen LogP contribution in [0, 0.1) is 5.92 Å². The van der Waals surface area contributed by atoms with Crippen LogP contribution in [0.4, 0.5) is 5.69 Å². The molecule has 1 aromatic heterocycles. The molecule has 142 valence electrons. The maximum atomic E-state index is 12.6. The van der Waals surface area contributed by atoms with Crippen molar-refractivity contribution in [3.05, 3.63) is 53.9 Å². The van der Waals surface area contributed by atoms with Crippen LogP contribution in [0.1, 0.15) is 50.2 Å². The molecule has 1 amide bonds. The quantitative estimate of drug-likeness (QED) is 0.767. The van der Waals surface area contributed by atoms with Gasteiger partial charge in [-0.25, -0.2) is 0 Å². The second-order valence-electron chi connectivity index (χ2n) is 7.40. The first-order valence-corrected chi connectivity index (χ1v) is 9.48. The molecular weight excluding hydrogens is 338 g/mol. The molecule has 2 aliphatic rings. The van der Waals surface area contributed by atoms with Gasteiger partial charge >= 0.3 is 0 Å². The molecular formula is C21H27N5O. The fourth-order valence-electron chi connectivity index (χ4n) is 3.64. The summed E-state index contributed by atoms with van der Waals surface area (Å²) < 4.78 is 1.94. The Kier molecular flexibility index (Phi) is 4.79. The lowest BCUT2D eigenvalue weighted by molar-refractivity contribution is -0.123. The number of aromatic nitrogens is 2. The van der Waals surface area contributed by atoms with Crippen molar-refractivity contribution in [3.8, 4) is 0 Å². The van der Waals surface area contributed by atoms with Crippen LogP contribution in [0.5, 0.6) is 0 Å². The van der Waals surface area contributed by atoms with Crippen LogP contribution >= 0.6 is 0 Å². The molecule has 0 saturated heterocycles. The van der Waals surface area contributed by atoms with Crippen LogP contribution < -0.4 is 11.1 Å². The largest absolute Gasteiger partial charge is 0.398 e. The van der Waals surface area contributed by atoms with Gasteiger partial charge in [0.25, 0.3) is 0 Å². The first-order valence-electron chi connectivity index (χ1n) is 9.48. The molecule has 0 radical (unpaired) electrons. The van der Waals surface area contributed by atoms with E-state index in [0.29, 0.717) is 17.7 Å². The molecule has 2 aromatic rings. The zero-order valence-corrected chi connectivity index (χ0v) is 15.5. The third-order valence-corrected chi connectivity index (χ3v) is 5.44. The second-order valence-corrected chi connectivity index (χ2v) is 7.40. The average Bonchev–Trinajstić information content (AvgIpc) is 3.34. The van der Waals surface area contributed by atoms with Crippen LogP contribution in [0.25, 0.3) is 5.70 Å². The second kappa shape index (κ2) is 7.39. The van der Waals surface area contributed by atoms with Gasteiger partial charge in [0.2, 0.25) is 5.91 Å². The molecule has 3 N–H and O–H groups in total. The van der Waals surface area contributed by atoms with Crippen molar-refractivity contribution >= 4 is 23.5 Å². The monoisotopic (exact) mass is 365 g/mol. The Hall–Kier alpha value is -2.89. The normalized spacial score (nSPS) is 22.6. The fraction of sp³-hybridized carbons (Fsp3) is 0.381. The zero-order valence-electron chi connectivity index (χ0n) is 15.5. The van der Waals surface area contributed by atoms with Gasteiger partial charge in [0.1, 0.15) is 0 Å². The topological polar surface area (TPSA) is 85.3 Å². The average molecular weight is 365 g/mol. The van der Waals surface area contributed by atoms with Gasteiger partial charge < -0.3 is 11.1 Å². The van der Waals surface area contributed by atoms with Gasteiger partial charge in [-0.2, -0.15) is 5.10 Å². The number of carbonyl (C=O) groups is 1. The number of aliphatic imine (C=N–C) groups is 1. The number of anilines is 1. The molecule has 0 atom stereocenters. The number of nitrogens with two attached hydrogens (primary N) is 1. The van der Waals surface area contributed by atoms with Gasteiger partial charge in [-0.1, -0.05) is 6.07 Å². The highest BCUT2D eigenvalue weighted by Crippen LogP contribution is 2.43. The van der Waals surface area contributed by atoms with Crippen LogP contribution in [0.2, 0.25) is 0 Å². The summed E-state index contributed by atoms with van der Waals surface area (Å²) in [7, 11) is 1.72. The van der Waals surface area contributed by atoms with Crippen molar-refractivity contribution in [2.45, 2.75) is 37.6 Å². The van der Waals surface area contributed by atoms with Crippen molar-refractivity contribution in [3.63, 3.8) is 0 Å². The fourth-order valence-corrected chi connectivity index (χ4v) is 3.64. The number of rotatable bonds is 6. The number of amides is 1. The molecule has 1 aromatic carbocycles.